The number of hydrogen-bond donors (Lipinski definition) is 1. The third kappa shape index (κ3) is 3.28. The zero-order valence-corrected chi connectivity index (χ0v) is 9.98. The zero-order chi connectivity index (χ0) is 10.7. The monoisotopic (exact) mass is 187 g/mol. The predicted molar refractivity (Wildman–Crippen MR) is 57.8 cm³/mol. The van der Waals surface area contributed by atoms with Crippen LogP contribution in [0.2, 0.25) is 0 Å². The van der Waals surface area contributed by atoms with Gasteiger partial charge in [0.2, 0.25) is 0 Å². The zero-order valence-electron chi connectivity index (χ0n) is 9.98. The summed E-state index contributed by atoms with van der Waals surface area (Å²) in [6.45, 7) is 13.4. The fourth-order valence-electron chi connectivity index (χ4n) is 1.66. The third-order valence-electron chi connectivity index (χ3n) is 2.77. The van der Waals surface area contributed by atoms with Gasteiger partial charge < -0.3 is 10.5 Å². The van der Waals surface area contributed by atoms with Crippen LogP contribution in [0.3, 0.4) is 0 Å². The average Bonchev–Trinajstić information content (AvgIpc) is 2.02. The molecule has 2 N–H and O–H groups in total. The van der Waals surface area contributed by atoms with Crippen LogP contribution in [0.4, 0.5) is 0 Å². The molecular formula is C11H25NO. The molecule has 0 spiro atoms. The van der Waals surface area contributed by atoms with E-state index in [-0.39, 0.29) is 17.1 Å². The topological polar surface area (TPSA) is 35.2 Å². The van der Waals surface area contributed by atoms with Crippen molar-refractivity contribution in [3.8, 4) is 0 Å². The summed E-state index contributed by atoms with van der Waals surface area (Å²) in [5.41, 5.74) is 6.11. The SMILES string of the molecule is CCOC(C)(CC)C(N)C(C)(C)C. The molecule has 2 heteroatoms. The van der Waals surface area contributed by atoms with E-state index >= 15 is 0 Å². The van der Waals surface area contributed by atoms with Crippen LogP contribution in [0.5, 0.6) is 0 Å². The van der Waals surface area contributed by atoms with Crippen molar-refractivity contribution in [1.29, 1.82) is 0 Å². The highest BCUT2D eigenvalue weighted by molar-refractivity contribution is 4.93. The van der Waals surface area contributed by atoms with Gasteiger partial charge in [0.15, 0.2) is 0 Å². The van der Waals surface area contributed by atoms with E-state index in [1.807, 2.05) is 6.92 Å². The first kappa shape index (κ1) is 12.9. The third-order valence-corrected chi connectivity index (χ3v) is 2.77. The molecule has 0 aromatic heterocycles. The molecule has 0 aliphatic heterocycles. The standard InChI is InChI=1S/C11H25NO/c1-7-11(6,13-8-2)9(12)10(3,4)5/h9H,7-8,12H2,1-6H3. The molecule has 0 aromatic carbocycles. The summed E-state index contributed by atoms with van der Waals surface area (Å²) in [6, 6.07) is 0.0740. The molecule has 0 fully saturated rings. The molecule has 0 aliphatic rings. The number of nitrogens with two attached hydrogens (primary N) is 1. The molecule has 0 aliphatic carbocycles. The molecule has 2 nitrogen and oxygen atoms in total. The van der Waals surface area contributed by atoms with Crippen LogP contribution >= 0.6 is 0 Å². The number of ether oxygens (including phenoxy) is 1. The lowest BCUT2D eigenvalue weighted by Gasteiger charge is -2.41. The summed E-state index contributed by atoms with van der Waals surface area (Å²) < 4.78 is 5.74. The van der Waals surface area contributed by atoms with E-state index < -0.39 is 0 Å². The van der Waals surface area contributed by atoms with Gasteiger partial charge in [-0.15, -0.1) is 0 Å². The first-order chi connectivity index (χ1) is 5.78. The van der Waals surface area contributed by atoms with E-state index in [2.05, 4.69) is 34.6 Å². The van der Waals surface area contributed by atoms with Crippen molar-refractivity contribution >= 4 is 0 Å². The van der Waals surface area contributed by atoms with Gasteiger partial charge in [-0.1, -0.05) is 27.7 Å². The van der Waals surface area contributed by atoms with Crippen molar-refractivity contribution in [2.45, 2.75) is 59.6 Å². The quantitative estimate of drug-likeness (QED) is 0.734. The van der Waals surface area contributed by atoms with Gasteiger partial charge in [0.1, 0.15) is 0 Å². The van der Waals surface area contributed by atoms with Crippen LogP contribution in [-0.2, 0) is 4.74 Å². The lowest BCUT2D eigenvalue weighted by Crippen LogP contribution is -2.54. The molecule has 0 amide bonds. The average molecular weight is 187 g/mol. The van der Waals surface area contributed by atoms with Crippen LogP contribution in [-0.4, -0.2) is 18.2 Å². The largest absolute Gasteiger partial charge is 0.374 e. The molecule has 2 atom stereocenters. The van der Waals surface area contributed by atoms with Crippen LogP contribution in [0, 0.1) is 5.41 Å². The van der Waals surface area contributed by atoms with Gasteiger partial charge in [0.05, 0.1) is 5.60 Å². The Morgan fingerprint density at radius 1 is 1.15 bits per heavy atom. The van der Waals surface area contributed by atoms with E-state index in [0.29, 0.717) is 0 Å². The minimum atomic E-state index is -0.188. The molecule has 0 saturated heterocycles. The molecule has 80 valence electrons. The molecule has 0 radical (unpaired) electrons. The molecule has 13 heavy (non-hydrogen) atoms. The molecule has 0 saturated carbocycles. The Morgan fingerprint density at radius 3 is 1.85 bits per heavy atom. The van der Waals surface area contributed by atoms with Gasteiger partial charge in [-0.05, 0) is 25.7 Å². The van der Waals surface area contributed by atoms with E-state index in [1.165, 1.54) is 0 Å². The molecular weight excluding hydrogens is 162 g/mol. The first-order valence-electron chi connectivity index (χ1n) is 5.17. The summed E-state index contributed by atoms with van der Waals surface area (Å²) in [5, 5.41) is 0. The lowest BCUT2D eigenvalue weighted by atomic mass is 9.76. The maximum Gasteiger partial charge on any atom is 0.0807 e. The first-order valence-corrected chi connectivity index (χ1v) is 5.17. The highest BCUT2D eigenvalue weighted by Gasteiger charge is 2.37. The number of hydrogen-bond acceptors (Lipinski definition) is 2. The second-order valence-electron chi connectivity index (χ2n) is 4.94. The smallest absolute Gasteiger partial charge is 0.0807 e. The Morgan fingerprint density at radius 2 is 1.62 bits per heavy atom. The van der Waals surface area contributed by atoms with E-state index in [0.717, 1.165) is 13.0 Å². The van der Waals surface area contributed by atoms with Gasteiger partial charge in [-0.2, -0.15) is 0 Å². The second-order valence-corrected chi connectivity index (χ2v) is 4.94. The van der Waals surface area contributed by atoms with Crippen LogP contribution in [0.15, 0.2) is 0 Å². The summed E-state index contributed by atoms with van der Waals surface area (Å²) >= 11 is 0. The Kier molecular flexibility index (Phi) is 4.40. The van der Waals surface area contributed by atoms with Gasteiger partial charge >= 0.3 is 0 Å². The van der Waals surface area contributed by atoms with E-state index in [4.69, 9.17) is 10.5 Å². The van der Waals surface area contributed by atoms with Gasteiger partial charge in [0.25, 0.3) is 0 Å². The van der Waals surface area contributed by atoms with E-state index in [1.54, 1.807) is 0 Å². The van der Waals surface area contributed by atoms with Gasteiger partial charge in [0, 0.05) is 12.6 Å². The van der Waals surface area contributed by atoms with Crippen molar-refractivity contribution in [1.82, 2.24) is 0 Å². The highest BCUT2D eigenvalue weighted by Crippen LogP contribution is 2.30. The molecule has 0 rings (SSSR count). The Bertz CT molecular complexity index is 151. The Hall–Kier alpha value is -0.0800. The fourth-order valence-corrected chi connectivity index (χ4v) is 1.66. The molecule has 2 unspecified atom stereocenters. The fraction of sp³-hybridized carbons (Fsp3) is 1.00. The maximum atomic E-state index is 6.20. The van der Waals surface area contributed by atoms with Crippen molar-refractivity contribution < 1.29 is 4.74 Å². The van der Waals surface area contributed by atoms with Crippen molar-refractivity contribution in [3.05, 3.63) is 0 Å². The highest BCUT2D eigenvalue weighted by atomic mass is 16.5. The Labute approximate surface area is 82.8 Å². The predicted octanol–water partition coefficient (Wildman–Crippen LogP) is 2.57. The van der Waals surface area contributed by atoms with Crippen LogP contribution < -0.4 is 5.73 Å². The second kappa shape index (κ2) is 4.43. The lowest BCUT2D eigenvalue weighted by molar-refractivity contribution is -0.0698. The van der Waals surface area contributed by atoms with Gasteiger partial charge in [-0.3, -0.25) is 0 Å². The van der Waals surface area contributed by atoms with Crippen molar-refractivity contribution in [3.63, 3.8) is 0 Å². The minimum absolute atomic E-state index is 0.0740. The summed E-state index contributed by atoms with van der Waals surface area (Å²) in [6.07, 6.45) is 0.958. The van der Waals surface area contributed by atoms with Crippen molar-refractivity contribution in [2.75, 3.05) is 6.61 Å². The minimum Gasteiger partial charge on any atom is -0.374 e. The maximum absolute atomic E-state index is 6.20. The Balaban J connectivity index is 4.56. The summed E-state index contributed by atoms with van der Waals surface area (Å²) in [5.74, 6) is 0. The summed E-state index contributed by atoms with van der Waals surface area (Å²) in [7, 11) is 0. The van der Waals surface area contributed by atoms with Crippen LogP contribution in [0.25, 0.3) is 0 Å². The molecule has 0 aromatic rings. The van der Waals surface area contributed by atoms with Crippen LogP contribution in [0.1, 0.15) is 48.0 Å². The molecule has 0 heterocycles. The molecule has 0 bridgehead atoms. The number of rotatable bonds is 4. The van der Waals surface area contributed by atoms with Crippen molar-refractivity contribution in [2.24, 2.45) is 11.1 Å². The normalized spacial score (nSPS) is 19.6. The summed E-state index contributed by atoms with van der Waals surface area (Å²) in [4.78, 5) is 0. The van der Waals surface area contributed by atoms with E-state index in [9.17, 15) is 0 Å². The van der Waals surface area contributed by atoms with Gasteiger partial charge in [-0.25, -0.2) is 0 Å².